The van der Waals surface area contributed by atoms with Crippen molar-refractivity contribution in [1.29, 1.82) is 0 Å². The van der Waals surface area contributed by atoms with Gasteiger partial charge in [-0.05, 0) is 23.5 Å². The van der Waals surface area contributed by atoms with E-state index in [1.54, 1.807) is 24.2 Å². The van der Waals surface area contributed by atoms with Gasteiger partial charge in [0.1, 0.15) is 6.26 Å². The number of nitrogens with zero attached hydrogens (tertiary/aromatic N) is 1. The van der Waals surface area contributed by atoms with E-state index in [1.807, 2.05) is 0 Å². The molecule has 2 N–H and O–H groups in total. The predicted octanol–water partition coefficient (Wildman–Crippen LogP) is 3.67. The zero-order valence-corrected chi connectivity index (χ0v) is 12.2. The molecule has 1 heterocycles. The van der Waals surface area contributed by atoms with Crippen molar-refractivity contribution in [3.05, 3.63) is 47.9 Å². The van der Waals surface area contributed by atoms with Crippen LogP contribution in [0.25, 0.3) is 0 Å². The number of benzene rings is 1. The third-order valence-corrected chi connectivity index (χ3v) is 3.82. The Balaban J connectivity index is 1.90. The first kappa shape index (κ1) is 14.2. The molecule has 0 saturated heterocycles. The Morgan fingerprint density at radius 3 is 2.58 bits per heavy atom. The zero-order valence-electron chi connectivity index (χ0n) is 11.4. The second-order valence-electron chi connectivity index (χ2n) is 5.06. The molecule has 0 amide bonds. The quantitative estimate of drug-likeness (QED) is 0.818. The molecule has 0 aliphatic rings. The number of hydrogen-bond donors (Lipinski definition) is 1. The summed E-state index contributed by atoms with van der Waals surface area (Å²) in [6.07, 6.45) is 4.34. The van der Waals surface area contributed by atoms with Gasteiger partial charge >= 0.3 is 0 Å². The molecule has 0 fully saturated rings. The van der Waals surface area contributed by atoms with Gasteiger partial charge in [-0.2, -0.15) is 0 Å². The van der Waals surface area contributed by atoms with Gasteiger partial charge in [-0.1, -0.05) is 49.9 Å². The van der Waals surface area contributed by atoms with Crippen molar-refractivity contribution in [3.8, 4) is 0 Å². The van der Waals surface area contributed by atoms with E-state index in [1.165, 1.54) is 5.56 Å². The fourth-order valence-corrected chi connectivity index (χ4v) is 2.68. The molecule has 19 heavy (non-hydrogen) atoms. The predicted molar refractivity (Wildman–Crippen MR) is 79.1 cm³/mol. The molecule has 2 rings (SSSR count). The molecule has 0 aliphatic heterocycles. The van der Waals surface area contributed by atoms with E-state index in [2.05, 4.69) is 43.1 Å². The van der Waals surface area contributed by atoms with Crippen molar-refractivity contribution in [2.24, 2.45) is 11.7 Å². The van der Waals surface area contributed by atoms with Gasteiger partial charge in [-0.25, -0.2) is 4.98 Å². The van der Waals surface area contributed by atoms with E-state index in [9.17, 15) is 0 Å². The van der Waals surface area contributed by atoms with E-state index >= 15 is 0 Å². The standard InChI is InChI=1S/C15H20N2OS/c1-11(2)9-12-3-5-13(6-4-12)14(16)10-19-15-17-7-8-18-15/h3-8,11,14H,9-10,16H2,1-2H3. The summed E-state index contributed by atoms with van der Waals surface area (Å²) in [6, 6.07) is 8.59. The number of oxazole rings is 1. The molecule has 0 bridgehead atoms. The van der Waals surface area contributed by atoms with Crippen molar-refractivity contribution in [1.82, 2.24) is 4.98 Å². The van der Waals surface area contributed by atoms with Gasteiger partial charge in [-0.15, -0.1) is 0 Å². The second-order valence-corrected chi connectivity index (χ2v) is 6.03. The molecule has 102 valence electrons. The minimum Gasteiger partial charge on any atom is -0.440 e. The highest BCUT2D eigenvalue weighted by molar-refractivity contribution is 7.99. The molecule has 4 heteroatoms. The van der Waals surface area contributed by atoms with Crippen molar-refractivity contribution >= 4 is 11.8 Å². The van der Waals surface area contributed by atoms with Gasteiger partial charge in [0.05, 0.1) is 6.20 Å². The molecule has 1 unspecified atom stereocenters. The fourth-order valence-electron chi connectivity index (χ4n) is 1.91. The Morgan fingerprint density at radius 1 is 1.26 bits per heavy atom. The fraction of sp³-hybridized carbons (Fsp3) is 0.400. The maximum absolute atomic E-state index is 6.17. The van der Waals surface area contributed by atoms with Crippen LogP contribution in [0.4, 0.5) is 0 Å². The molecule has 0 saturated carbocycles. The molecule has 1 aromatic heterocycles. The summed E-state index contributed by atoms with van der Waals surface area (Å²) in [4.78, 5) is 4.07. The lowest BCUT2D eigenvalue weighted by Crippen LogP contribution is -2.13. The zero-order chi connectivity index (χ0) is 13.7. The molecule has 3 nitrogen and oxygen atoms in total. The van der Waals surface area contributed by atoms with Crippen molar-refractivity contribution in [3.63, 3.8) is 0 Å². The summed E-state index contributed by atoms with van der Waals surface area (Å²) in [5, 5.41) is 0.673. The summed E-state index contributed by atoms with van der Waals surface area (Å²) in [7, 11) is 0. The Morgan fingerprint density at radius 2 is 2.00 bits per heavy atom. The van der Waals surface area contributed by atoms with Gasteiger partial charge in [0.2, 0.25) is 0 Å². The average molecular weight is 276 g/mol. The molecular weight excluding hydrogens is 256 g/mol. The summed E-state index contributed by atoms with van der Waals surface area (Å²) >= 11 is 1.54. The summed E-state index contributed by atoms with van der Waals surface area (Å²) < 4.78 is 5.18. The summed E-state index contributed by atoms with van der Waals surface area (Å²) in [5.41, 5.74) is 8.70. The number of hydrogen-bond acceptors (Lipinski definition) is 4. The van der Waals surface area contributed by atoms with Crippen molar-refractivity contribution in [2.75, 3.05) is 5.75 Å². The Kier molecular flexibility index (Phi) is 5.05. The number of aromatic nitrogens is 1. The molecule has 0 aliphatic carbocycles. The maximum atomic E-state index is 6.17. The smallest absolute Gasteiger partial charge is 0.255 e. The Labute approximate surface area is 118 Å². The summed E-state index contributed by atoms with van der Waals surface area (Å²) in [6.45, 7) is 4.46. The number of rotatable bonds is 6. The van der Waals surface area contributed by atoms with Crippen LogP contribution in [0, 0.1) is 5.92 Å². The van der Waals surface area contributed by atoms with Gasteiger partial charge < -0.3 is 10.2 Å². The van der Waals surface area contributed by atoms with Gasteiger partial charge in [0.25, 0.3) is 5.22 Å². The third-order valence-electron chi connectivity index (χ3n) is 2.85. The highest BCUT2D eigenvalue weighted by atomic mass is 32.2. The first-order chi connectivity index (χ1) is 9.15. The monoisotopic (exact) mass is 276 g/mol. The van der Waals surface area contributed by atoms with Crippen LogP contribution < -0.4 is 5.73 Å². The van der Waals surface area contributed by atoms with Crippen LogP contribution in [0.1, 0.15) is 31.0 Å². The lowest BCUT2D eigenvalue weighted by molar-refractivity contribution is 0.454. The molecule has 0 radical (unpaired) electrons. The maximum Gasteiger partial charge on any atom is 0.255 e. The first-order valence-corrected chi connectivity index (χ1v) is 7.50. The van der Waals surface area contributed by atoms with E-state index in [-0.39, 0.29) is 6.04 Å². The van der Waals surface area contributed by atoms with E-state index < -0.39 is 0 Å². The number of thioether (sulfide) groups is 1. The average Bonchev–Trinajstić information content (AvgIpc) is 2.89. The van der Waals surface area contributed by atoms with Crippen molar-refractivity contribution in [2.45, 2.75) is 31.5 Å². The van der Waals surface area contributed by atoms with Crippen LogP contribution in [-0.4, -0.2) is 10.7 Å². The second kappa shape index (κ2) is 6.78. The van der Waals surface area contributed by atoms with Crippen LogP contribution in [0.2, 0.25) is 0 Å². The Bertz CT molecular complexity index is 479. The third kappa shape index (κ3) is 4.40. The van der Waals surface area contributed by atoms with Crippen LogP contribution in [0.15, 0.2) is 46.4 Å². The first-order valence-electron chi connectivity index (χ1n) is 6.52. The molecule has 0 spiro atoms. The van der Waals surface area contributed by atoms with Gasteiger partial charge in [-0.3, -0.25) is 0 Å². The van der Waals surface area contributed by atoms with E-state index in [4.69, 9.17) is 10.2 Å². The highest BCUT2D eigenvalue weighted by Crippen LogP contribution is 2.22. The van der Waals surface area contributed by atoms with Crippen LogP contribution in [0.3, 0.4) is 0 Å². The Hall–Kier alpha value is -1.26. The van der Waals surface area contributed by atoms with Crippen molar-refractivity contribution < 1.29 is 4.42 Å². The van der Waals surface area contributed by atoms with Gasteiger partial charge in [0, 0.05) is 11.8 Å². The lowest BCUT2D eigenvalue weighted by Gasteiger charge is -2.12. The lowest BCUT2D eigenvalue weighted by atomic mass is 10.0. The molecule has 1 aromatic carbocycles. The summed E-state index contributed by atoms with van der Waals surface area (Å²) in [5.74, 6) is 1.45. The van der Waals surface area contributed by atoms with Crippen LogP contribution in [0.5, 0.6) is 0 Å². The minimum absolute atomic E-state index is 0.00463. The highest BCUT2D eigenvalue weighted by Gasteiger charge is 2.09. The van der Waals surface area contributed by atoms with E-state index in [0.29, 0.717) is 11.1 Å². The molecule has 1 atom stereocenters. The molecule has 2 aromatic rings. The largest absolute Gasteiger partial charge is 0.440 e. The normalized spacial score (nSPS) is 12.8. The van der Waals surface area contributed by atoms with Crippen LogP contribution in [-0.2, 0) is 6.42 Å². The minimum atomic E-state index is 0.00463. The molecular formula is C15H20N2OS. The SMILES string of the molecule is CC(C)Cc1ccc(C(N)CSc2ncco2)cc1. The van der Waals surface area contributed by atoms with Crippen LogP contribution >= 0.6 is 11.8 Å². The van der Waals surface area contributed by atoms with Gasteiger partial charge in [0.15, 0.2) is 0 Å². The van der Waals surface area contributed by atoms with E-state index in [0.717, 1.165) is 17.7 Å². The topological polar surface area (TPSA) is 52.0 Å². The number of nitrogens with two attached hydrogens (primary N) is 1.